The van der Waals surface area contributed by atoms with Crippen molar-refractivity contribution in [2.45, 2.75) is 6.92 Å². The summed E-state index contributed by atoms with van der Waals surface area (Å²) in [6, 6.07) is 3.62. The Morgan fingerprint density at radius 1 is 1.53 bits per heavy atom. The van der Waals surface area contributed by atoms with Gasteiger partial charge in [-0.05, 0) is 18.7 Å². The third kappa shape index (κ3) is 2.44. The molecule has 0 spiro atoms. The van der Waals surface area contributed by atoms with Crippen molar-refractivity contribution in [2.75, 3.05) is 31.6 Å². The first-order chi connectivity index (χ1) is 8.22. The van der Waals surface area contributed by atoms with E-state index in [1.54, 1.807) is 6.07 Å². The number of likely N-dealkylation sites (N-methyl/N-ethyl adjacent to an activating group) is 2. The number of hydrogen-bond donors (Lipinski definition) is 2. The molecule has 17 heavy (non-hydrogen) atoms. The van der Waals surface area contributed by atoms with E-state index in [1.165, 1.54) is 4.52 Å². The number of rotatable bonds is 5. The zero-order valence-electron chi connectivity index (χ0n) is 9.97. The molecule has 2 N–H and O–H groups in total. The van der Waals surface area contributed by atoms with E-state index in [4.69, 9.17) is 0 Å². The van der Waals surface area contributed by atoms with Crippen molar-refractivity contribution in [3.8, 4) is 0 Å². The number of aromatic nitrogens is 4. The fourth-order valence-electron chi connectivity index (χ4n) is 1.53. The fourth-order valence-corrected chi connectivity index (χ4v) is 1.53. The number of nitrogens with one attached hydrogen (secondary N) is 2. The summed E-state index contributed by atoms with van der Waals surface area (Å²) in [6.45, 7) is 4.72. The van der Waals surface area contributed by atoms with Gasteiger partial charge in [-0.25, -0.2) is 9.89 Å². The van der Waals surface area contributed by atoms with Crippen LogP contribution in [0.4, 0.5) is 5.82 Å². The first-order valence-corrected chi connectivity index (χ1v) is 5.58. The molecule has 0 saturated carbocycles. The molecule has 0 atom stereocenters. The number of aromatic amines is 1. The molecule has 2 aromatic heterocycles. The zero-order valence-corrected chi connectivity index (χ0v) is 9.97. The summed E-state index contributed by atoms with van der Waals surface area (Å²) in [6.07, 6.45) is 0. The molecule has 0 aromatic carbocycles. The minimum atomic E-state index is -0.318. The minimum absolute atomic E-state index is 0.318. The van der Waals surface area contributed by atoms with Gasteiger partial charge < -0.3 is 10.2 Å². The third-order valence-electron chi connectivity index (χ3n) is 2.52. The maximum Gasteiger partial charge on any atom is 0.364 e. The maximum atomic E-state index is 11.4. The molecule has 7 nitrogen and oxygen atoms in total. The van der Waals surface area contributed by atoms with E-state index in [-0.39, 0.29) is 5.69 Å². The van der Waals surface area contributed by atoms with E-state index in [9.17, 15) is 4.79 Å². The summed E-state index contributed by atoms with van der Waals surface area (Å²) < 4.78 is 1.26. The molecule has 0 radical (unpaired) electrons. The smallest absolute Gasteiger partial charge is 0.357 e. The number of H-pyrrole nitrogens is 1. The molecule has 2 aromatic rings. The van der Waals surface area contributed by atoms with Crippen LogP contribution in [-0.2, 0) is 0 Å². The Labute approximate surface area is 98.4 Å². The fraction of sp³-hybridized carbons (Fsp3) is 0.500. The van der Waals surface area contributed by atoms with Gasteiger partial charge in [-0.3, -0.25) is 0 Å². The number of nitrogens with zero attached hydrogens (tertiary/aromatic N) is 4. The largest absolute Gasteiger partial charge is 0.364 e. The lowest BCUT2D eigenvalue weighted by Crippen LogP contribution is -2.30. The minimum Gasteiger partial charge on any atom is -0.357 e. The molecule has 0 aliphatic rings. The van der Waals surface area contributed by atoms with Gasteiger partial charge in [0.2, 0.25) is 0 Å². The Hall–Kier alpha value is -1.89. The van der Waals surface area contributed by atoms with Crippen molar-refractivity contribution in [2.24, 2.45) is 0 Å². The second-order valence-corrected chi connectivity index (χ2v) is 3.77. The summed E-state index contributed by atoms with van der Waals surface area (Å²) in [5, 5.41) is 13.6. The van der Waals surface area contributed by atoms with Gasteiger partial charge in [0.15, 0.2) is 5.65 Å². The van der Waals surface area contributed by atoms with Crippen molar-refractivity contribution in [1.82, 2.24) is 25.1 Å². The Balaban J connectivity index is 2.17. The summed E-state index contributed by atoms with van der Waals surface area (Å²) >= 11 is 0. The summed E-state index contributed by atoms with van der Waals surface area (Å²) in [5.74, 6) is 0.749. The van der Waals surface area contributed by atoms with Crippen molar-refractivity contribution in [3.63, 3.8) is 0 Å². The second kappa shape index (κ2) is 4.96. The molecule has 2 rings (SSSR count). The highest BCUT2D eigenvalue weighted by atomic mass is 16.2. The van der Waals surface area contributed by atoms with E-state index < -0.39 is 0 Å². The Kier molecular flexibility index (Phi) is 3.38. The number of fused-ring (bicyclic) bond motifs is 1. The summed E-state index contributed by atoms with van der Waals surface area (Å²) in [5.41, 5.74) is 0.209. The van der Waals surface area contributed by atoms with E-state index >= 15 is 0 Å². The first-order valence-electron chi connectivity index (χ1n) is 5.58. The molecule has 0 amide bonds. The lowest BCUT2D eigenvalue weighted by Gasteiger charge is -2.17. The highest BCUT2D eigenvalue weighted by Crippen LogP contribution is 2.07. The van der Waals surface area contributed by atoms with Crippen molar-refractivity contribution < 1.29 is 0 Å². The molecular formula is C10H16N6O. The Morgan fingerprint density at radius 2 is 2.35 bits per heavy atom. The van der Waals surface area contributed by atoms with Crippen LogP contribution in [0.5, 0.6) is 0 Å². The van der Waals surface area contributed by atoms with Crippen LogP contribution < -0.4 is 15.9 Å². The topological polar surface area (TPSA) is 78.3 Å². The third-order valence-corrected chi connectivity index (χ3v) is 2.52. The van der Waals surface area contributed by atoms with Crippen LogP contribution in [0, 0.1) is 0 Å². The SMILES string of the molecule is CCNCCN(C)c1ccc2n[nH]c(=O)n2n1. The second-order valence-electron chi connectivity index (χ2n) is 3.77. The predicted octanol–water partition coefficient (Wildman–Crippen LogP) is -0.537. The standard InChI is InChI=1S/C10H16N6O/c1-3-11-6-7-15(2)9-5-4-8-12-13-10(17)16(8)14-9/h4-5,11H,3,6-7H2,1-2H3,(H,13,17). The van der Waals surface area contributed by atoms with E-state index in [2.05, 4.69) is 27.5 Å². The van der Waals surface area contributed by atoms with Crippen LogP contribution in [0.25, 0.3) is 5.65 Å². The van der Waals surface area contributed by atoms with Crippen LogP contribution in [-0.4, -0.2) is 46.5 Å². The predicted molar refractivity (Wildman–Crippen MR) is 65.4 cm³/mol. The molecule has 0 unspecified atom stereocenters. The lowest BCUT2D eigenvalue weighted by molar-refractivity contribution is 0.697. The van der Waals surface area contributed by atoms with Crippen LogP contribution in [0.1, 0.15) is 6.92 Å². The van der Waals surface area contributed by atoms with Gasteiger partial charge in [0.25, 0.3) is 0 Å². The van der Waals surface area contributed by atoms with Crippen molar-refractivity contribution in [3.05, 3.63) is 22.6 Å². The average molecular weight is 236 g/mol. The van der Waals surface area contributed by atoms with Gasteiger partial charge in [-0.15, -0.1) is 5.10 Å². The Morgan fingerprint density at radius 3 is 3.12 bits per heavy atom. The molecule has 2 heterocycles. The van der Waals surface area contributed by atoms with Crippen molar-refractivity contribution in [1.29, 1.82) is 0 Å². The first kappa shape index (κ1) is 11.6. The van der Waals surface area contributed by atoms with Gasteiger partial charge in [-0.1, -0.05) is 6.92 Å². The lowest BCUT2D eigenvalue weighted by atomic mass is 10.4. The normalized spacial score (nSPS) is 10.9. The highest BCUT2D eigenvalue weighted by Gasteiger charge is 2.06. The molecule has 0 fully saturated rings. The van der Waals surface area contributed by atoms with Crippen molar-refractivity contribution >= 4 is 11.5 Å². The summed E-state index contributed by atoms with van der Waals surface area (Å²) in [4.78, 5) is 13.4. The van der Waals surface area contributed by atoms with Crippen LogP contribution >= 0.6 is 0 Å². The molecule has 0 bridgehead atoms. The molecular weight excluding hydrogens is 220 g/mol. The number of hydrogen-bond acceptors (Lipinski definition) is 5. The Bertz CT molecular complexity index is 545. The molecule has 0 aliphatic carbocycles. The van der Waals surface area contributed by atoms with Crippen LogP contribution in [0.15, 0.2) is 16.9 Å². The van der Waals surface area contributed by atoms with Gasteiger partial charge in [0, 0.05) is 20.1 Å². The molecule has 7 heteroatoms. The van der Waals surface area contributed by atoms with Crippen LogP contribution in [0.3, 0.4) is 0 Å². The molecule has 0 aliphatic heterocycles. The van der Waals surface area contributed by atoms with Gasteiger partial charge in [0.1, 0.15) is 5.82 Å². The molecule has 92 valence electrons. The monoisotopic (exact) mass is 236 g/mol. The van der Waals surface area contributed by atoms with E-state index in [0.717, 1.165) is 25.5 Å². The van der Waals surface area contributed by atoms with Gasteiger partial charge >= 0.3 is 5.69 Å². The number of anilines is 1. The van der Waals surface area contributed by atoms with E-state index in [0.29, 0.717) is 5.65 Å². The van der Waals surface area contributed by atoms with Gasteiger partial charge in [-0.2, -0.15) is 9.61 Å². The highest BCUT2D eigenvalue weighted by molar-refractivity contribution is 5.44. The van der Waals surface area contributed by atoms with E-state index in [1.807, 2.05) is 18.0 Å². The van der Waals surface area contributed by atoms with Gasteiger partial charge in [0.05, 0.1) is 0 Å². The molecule has 0 saturated heterocycles. The maximum absolute atomic E-state index is 11.4. The van der Waals surface area contributed by atoms with Crippen LogP contribution in [0.2, 0.25) is 0 Å². The summed E-state index contributed by atoms with van der Waals surface area (Å²) in [7, 11) is 1.94. The zero-order chi connectivity index (χ0) is 12.3. The average Bonchev–Trinajstić information content (AvgIpc) is 2.71. The quantitative estimate of drug-likeness (QED) is 0.682.